The van der Waals surface area contributed by atoms with Crippen molar-refractivity contribution in [3.05, 3.63) is 59.8 Å². The van der Waals surface area contributed by atoms with Gasteiger partial charge in [-0.15, -0.1) is 0 Å². The van der Waals surface area contributed by atoms with Gasteiger partial charge < -0.3 is 10.1 Å². The minimum atomic E-state index is 0.580. The molecule has 2 unspecified atom stereocenters. The molecule has 1 aromatic carbocycles. The SMILES string of the molecule is c1ccc(COc2cccc(C3C4CNCC43)n2)cc1. The minimum absolute atomic E-state index is 0.580. The van der Waals surface area contributed by atoms with E-state index in [1.54, 1.807) is 0 Å². The molecule has 0 amide bonds. The molecule has 1 aromatic heterocycles. The lowest BCUT2D eigenvalue weighted by molar-refractivity contribution is 0.293. The van der Waals surface area contributed by atoms with Gasteiger partial charge in [0.2, 0.25) is 5.88 Å². The predicted molar refractivity (Wildman–Crippen MR) is 77.6 cm³/mol. The van der Waals surface area contributed by atoms with E-state index in [9.17, 15) is 0 Å². The van der Waals surface area contributed by atoms with Gasteiger partial charge in [0.05, 0.1) is 0 Å². The summed E-state index contributed by atoms with van der Waals surface area (Å²) >= 11 is 0. The maximum absolute atomic E-state index is 5.81. The molecule has 1 aliphatic carbocycles. The number of hydrogen-bond donors (Lipinski definition) is 1. The molecule has 2 atom stereocenters. The van der Waals surface area contributed by atoms with E-state index in [1.807, 2.05) is 24.3 Å². The lowest BCUT2D eigenvalue weighted by atomic mass is 10.2. The molecule has 1 N–H and O–H groups in total. The Labute approximate surface area is 119 Å². The summed E-state index contributed by atoms with van der Waals surface area (Å²) in [7, 11) is 0. The third-order valence-electron chi connectivity index (χ3n) is 4.41. The Kier molecular flexibility index (Phi) is 2.92. The molecular formula is C17H18N2O. The van der Waals surface area contributed by atoms with Gasteiger partial charge in [-0.05, 0) is 36.6 Å². The van der Waals surface area contributed by atoms with Crippen molar-refractivity contribution in [3.8, 4) is 5.88 Å². The average Bonchev–Trinajstić information content (AvgIpc) is 2.99. The maximum Gasteiger partial charge on any atom is 0.213 e. The first-order valence-electron chi connectivity index (χ1n) is 7.26. The first kappa shape index (κ1) is 11.9. The van der Waals surface area contributed by atoms with Crippen molar-refractivity contribution < 1.29 is 4.74 Å². The predicted octanol–water partition coefficient (Wildman–Crippen LogP) is 2.59. The molecule has 4 rings (SSSR count). The van der Waals surface area contributed by atoms with E-state index >= 15 is 0 Å². The van der Waals surface area contributed by atoms with E-state index in [0.717, 1.165) is 30.8 Å². The second-order valence-electron chi connectivity index (χ2n) is 5.69. The second-order valence-corrected chi connectivity index (χ2v) is 5.69. The Morgan fingerprint density at radius 2 is 1.80 bits per heavy atom. The van der Waals surface area contributed by atoms with Crippen molar-refractivity contribution in [1.29, 1.82) is 0 Å². The van der Waals surface area contributed by atoms with Crippen molar-refractivity contribution >= 4 is 0 Å². The smallest absolute Gasteiger partial charge is 0.213 e. The Balaban J connectivity index is 1.44. The summed E-state index contributed by atoms with van der Waals surface area (Å²) in [6.07, 6.45) is 0. The van der Waals surface area contributed by atoms with Gasteiger partial charge in [0, 0.05) is 17.7 Å². The molecule has 2 aromatic rings. The van der Waals surface area contributed by atoms with E-state index in [0.29, 0.717) is 12.5 Å². The minimum Gasteiger partial charge on any atom is -0.473 e. The molecule has 1 saturated heterocycles. The molecule has 2 fully saturated rings. The van der Waals surface area contributed by atoms with Gasteiger partial charge >= 0.3 is 0 Å². The van der Waals surface area contributed by atoms with Crippen LogP contribution in [0.25, 0.3) is 0 Å². The highest BCUT2D eigenvalue weighted by atomic mass is 16.5. The van der Waals surface area contributed by atoms with Crippen LogP contribution in [0, 0.1) is 11.8 Å². The van der Waals surface area contributed by atoms with Gasteiger partial charge in [0.1, 0.15) is 6.61 Å². The second kappa shape index (κ2) is 4.91. The Hall–Kier alpha value is -1.87. The fourth-order valence-corrected chi connectivity index (χ4v) is 3.29. The fourth-order valence-electron chi connectivity index (χ4n) is 3.29. The summed E-state index contributed by atoms with van der Waals surface area (Å²) in [5.41, 5.74) is 2.37. The lowest BCUT2D eigenvalue weighted by Crippen LogP contribution is -2.14. The summed E-state index contributed by atoms with van der Waals surface area (Å²) in [6, 6.07) is 16.4. The van der Waals surface area contributed by atoms with Crippen LogP contribution < -0.4 is 10.1 Å². The number of pyridine rings is 1. The number of nitrogens with zero attached hydrogens (tertiary/aromatic N) is 1. The first-order valence-corrected chi connectivity index (χ1v) is 7.26. The number of nitrogens with one attached hydrogen (secondary N) is 1. The van der Waals surface area contributed by atoms with Crippen LogP contribution in [0.1, 0.15) is 17.2 Å². The highest BCUT2D eigenvalue weighted by molar-refractivity contribution is 5.28. The van der Waals surface area contributed by atoms with Crippen LogP contribution in [0.4, 0.5) is 0 Å². The van der Waals surface area contributed by atoms with Crippen LogP contribution in [-0.4, -0.2) is 18.1 Å². The molecular weight excluding hydrogens is 248 g/mol. The molecule has 3 heteroatoms. The third kappa shape index (κ3) is 2.18. The summed E-state index contributed by atoms with van der Waals surface area (Å²) in [4.78, 5) is 4.68. The van der Waals surface area contributed by atoms with Crippen LogP contribution in [-0.2, 0) is 6.61 Å². The number of hydrogen-bond acceptors (Lipinski definition) is 3. The molecule has 102 valence electrons. The topological polar surface area (TPSA) is 34.1 Å². The number of aromatic nitrogens is 1. The standard InChI is InChI=1S/C17H18N2O/c1-2-5-12(6-3-1)11-20-16-8-4-7-15(19-16)17-13-9-18-10-14(13)17/h1-8,13-14,17-18H,9-11H2. The molecule has 2 heterocycles. The summed E-state index contributed by atoms with van der Waals surface area (Å²) in [5, 5.41) is 3.42. The molecule has 3 nitrogen and oxygen atoms in total. The number of fused-ring (bicyclic) bond motifs is 1. The molecule has 20 heavy (non-hydrogen) atoms. The zero-order valence-corrected chi connectivity index (χ0v) is 11.3. The van der Waals surface area contributed by atoms with Crippen molar-refractivity contribution in [2.45, 2.75) is 12.5 Å². The molecule has 0 spiro atoms. The summed E-state index contributed by atoms with van der Waals surface area (Å²) < 4.78 is 5.81. The first-order chi connectivity index (χ1) is 9.92. The van der Waals surface area contributed by atoms with Gasteiger partial charge in [-0.2, -0.15) is 0 Å². The fraction of sp³-hybridized carbons (Fsp3) is 0.353. The Morgan fingerprint density at radius 1 is 1.00 bits per heavy atom. The van der Waals surface area contributed by atoms with E-state index in [2.05, 4.69) is 34.6 Å². The highest BCUT2D eigenvalue weighted by Gasteiger charge is 2.54. The van der Waals surface area contributed by atoms with Crippen molar-refractivity contribution in [1.82, 2.24) is 10.3 Å². The van der Waals surface area contributed by atoms with Crippen molar-refractivity contribution in [2.75, 3.05) is 13.1 Å². The van der Waals surface area contributed by atoms with Crippen LogP contribution in [0.2, 0.25) is 0 Å². The monoisotopic (exact) mass is 266 g/mol. The quantitative estimate of drug-likeness (QED) is 0.923. The van der Waals surface area contributed by atoms with E-state index in [4.69, 9.17) is 4.74 Å². The Bertz CT molecular complexity index is 589. The van der Waals surface area contributed by atoms with Crippen LogP contribution >= 0.6 is 0 Å². The molecule has 2 aliphatic rings. The van der Waals surface area contributed by atoms with Crippen molar-refractivity contribution in [3.63, 3.8) is 0 Å². The normalized spacial score (nSPS) is 27.1. The molecule has 0 radical (unpaired) electrons. The van der Waals surface area contributed by atoms with Crippen LogP contribution in [0.15, 0.2) is 48.5 Å². The highest BCUT2D eigenvalue weighted by Crippen LogP contribution is 2.55. The summed E-state index contributed by atoms with van der Waals surface area (Å²) in [5.74, 6) is 2.99. The van der Waals surface area contributed by atoms with Crippen LogP contribution in [0.5, 0.6) is 5.88 Å². The van der Waals surface area contributed by atoms with E-state index in [1.165, 1.54) is 11.3 Å². The largest absolute Gasteiger partial charge is 0.473 e. The average molecular weight is 266 g/mol. The van der Waals surface area contributed by atoms with Gasteiger partial charge in [-0.1, -0.05) is 36.4 Å². The molecule has 0 bridgehead atoms. The van der Waals surface area contributed by atoms with Crippen LogP contribution in [0.3, 0.4) is 0 Å². The van der Waals surface area contributed by atoms with E-state index < -0.39 is 0 Å². The van der Waals surface area contributed by atoms with Gasteiger partial charge in [0.15, 0.2) is 0 Å². The zero-order valence-electron chi connectivity index (χ0n) is 11.3. The number of ether oxygens (including phenoxy) is 1. The molecule has 1 saturated carbocycles. The molecule has 1 aliphatic heterocycles. The van der Waals surface area contributed by atoms with Gasteiger partial charge in [0.25, 0.3) is 0 Å². The van der Waals surface area contributed by atoms with E-state index in [-0.39, 0.29) is 0 Å². The number of piperidine rings is 1. The Morgan fingerprint density at radius 3 is 2.60 bits per heavy atom. The van der Waals surface area contributed by atoms with Gasteiger partial charge in [-0.25, -0.2) is 4.98 Å². The maximum atomic E-state index is 5.81. The lowest BCUT2D eigenvalue weighted by Gasteiger charge is -2.08. The van der Waals surface area contributed by atoms with Gasteiger partial charge in [-0.3, -0.25) is 0 Å². The zero-order chi connectivity index (χ0) is 13.4. The number of benzene rings is 1. The summed E-state index contributed by atoms with van der Waals surface area (Å²) in [6.45, 7) is 2.87. The number of rotatable bonds is 4. The van der Waals surface area contributed by atoms with Crippen molar-refractivity contribution in [2.24, 2.45) is 11.8 Å². The third-order valence-corrected chi connectivity index (χ3v) is 4.41.